The van der Waals surface area contributed by atoms with E-state index >= 15 is 0 Å². The quantitative estimate of drug-likeness (QED) is 0.577. The summed E-state index contributed by atoms with van der Waals surface area (Å²) in [5.41, 5.74) is 0. The van der Waals surface area contributed by atoms with E-state index in [-0.39, 0.29) is 18.8 Å². The number of ether oxygens (including phenoxy) is 1. The zero-order chi connectivity index (χ0) is 17.1. The highest BCUT2D eigenvalue weighted by atomic mass is 16.5. The van der Waals surface area contributed by atoms with Crippen molar-refractivity contribution in [3.8, 4) is 0 Å². The van der Waals surface area contributed by atoms with Crippen molar-refractivity contribution >= 4 is 0 Å². The van der Waals surface area contributed by atoms with Gasteiger partial charge >= 0.3 is 0 Å². The monoisotopic (exact) mass is 342 g/mol. The Hall–Kier alpha value is -0.280. The Morgan fingerprint density at radius 1 is 1.08 bits per heavy atom. The Morgan fingerprint density at radius 2 is 1.79 bits per heavy atom. The fourth-order valence-corrected chi connectivity index (χ4v) is 4.43. The van der Waals surface area contributed by atoms with Crippen molar-refractivity contribution in [3.05, 3.63) is 0 Å². The van der Waals surface area contributed by atoms with Crippen LogP contribution in [-0.4, -0.2) is 115 Å². The number of piperazine rings is 1. The van der Waals surface area contributed by atoms with E-state index < -0.39 is 12.2 Å². The van der Waals surface area contributed by atoms with E-state index in [0.717, 1.165) is 39.3 Å². The molecular weight excluding hydrogens is 308 g/mol. The highest BCUT2D eigenvalue weighted by molar-refractivity contribution is 4.99. The lowest BCUT2D eigenvalue weighted by Gasteiger charge is -2.44. The molecule has 5 atom stereocenters. The maximum Gasteiger partial charge on any atom is 0.109 e. The molecule has 3 saturated heterocycles. The number of likely N-dealkylation sites (N-methyl/N-ethyl adjacent to an activating group) is 1. The highest BCUT2D eigenvalue weighted by Gasteiger charge is 2.47. The van der Waals surface area contributed by atoms with Gasteiger partial charge in [-0.05, 0) is 39.9 Å². The lowest BCUT2D eigenvalue weighted by atomic mass is 10.0. The van der Waals surface area contributed by atoms with Gasteiger partial charge in [0.05, 0.1) is 24.9 Å². The van der Waals surface area contributed by atoms with Gasteiger partial charge in [-0.25, -0.2) is 0 Å². The first-order valence-electron chi connectivity index (χ1n) is 9.40. The van der Waals surface area contributed by atoms with Crippen LogP contribution in [0.25, 0.3) is 0 Å². The first-order chi connectivity index (χ1) is 11.6. The Morgan fingerprint density at radius 3 is 2.38 bits per heavy atom. The molecule has 1 unspecified atom stereocenters. The Kier molecular flexibility index (Phi) is 6.48. The maximum atomic E-state index is 10.6. The molecule has 3 aliphatic heterocycles. The molecule has 7 heteroatoms. The molecule has 0 aliphatic carbocycles. The number of nitrogens with zero attached hydrogens (tertiary/aromatic N) is 3. The van der Waals surface area contributed by atoms with E-state index in [9.17, 15) is 10.2 Å². The molecule has 0 spiro atoms. The summed E-state index contributed by atoms with van der Waals surface area (Å²) in [7, 11) is 4.04. The Bertz CT molecular complexity index is 384. The van der Waals surface area contributed by atoms with Gasteiger partial charge in [-0.2, -0.15) is 0 Å². The van der Waals surface area contributed by atoms with Crippen molar-refractivity contribution in [3.63, 3.8) is 0 Å². The first kappa shape index (κ1) is 18.5. The summed E-state index contributed by atoms with van der Waals surface area (Å²) in [5.74, 6) is 0. The summed E-state index contributed by atoms with van der Waals surface area (Å²) < 4.78 is 5.93. The van der Waals surface area contributed by atoms with Gasteiger partial charge in [0.2, 0.25) is 0 Å². The van der Waals surface area contributed by atoms with Crippen LogP contribution in [0.4, 0.5) is 0 Å². The van der Waals surface area contributed by atoms with Crippen LogP contribution in [0.3, 0.4) is 0 Å². The summed E-state index contributed by atoms with van der Waals surface area (Å²) in [6.07, 6.45) is 3.25. The van der Waals surface area contributed by atoms with E-state index in [4.69, 9.17) is 4.74 Å². The molecule has 3 heterocycles. The summed E-state index contributed by atoms with van der Waals surface area (Å²) in [5, 5.41) is 23.7. The third-order valence-corrected chi connectivity index (χ3v) is 5.68. The normalized spacial score (nSPS) is 39.6. The van der Waals surface area contributed by atoms with Gasteiger partial charge in [0, 0.05) is 32.7 Å². The molecule has 3 rings (SSSR count). The van der Waals surface area contributed by atoms with E-state index in [1.54, 1.807) is 0 Å². The summed E-state index contributed by atoms with van der Waals surface area (Å²) in [6, 6.07) is -0.0222. The molecule has 7 nitrogen and oxygen atoms in total. The van der Waals surface area contributed by atoms with Crippen LogP contribution in [0, 0.1) is 0 Å². The minimum Gasteiger partial charge on any atom is -0.394 e. The van der Waals surface area contributed by atoms with E-state index in [2.05, 4.69) is 20.0 Å². The minimum atomic E-state index is -0.612. The van der Waals surface area contributed by atoms with Gasteiger partial charge in [0.1, 0.15) is 12.2 Å². The number of piperidine rings is 1. The second-order valence-electron chi connectivity index (χ2n) is 7.68. The SMILES string of the molecule is CN(C)C[C@@H]1O[C@@H](CO)[C@@H](O)[C@H]1N1CCN(C2CCCCN2)CC1. The van der Waals surface area contributed by atoms with Crippen LogP contribution in [0.1, 0.15) is 19.3 Å². The zero-order valence-electron chi connectivity index (χ0n) is 15.1. The average molecular weight is 342 g/mol. The fourth-order valence-electron chi connectivity index (χ4n) is 4.43. The topological polar surface area (TPSA) is 71.4 Å². The van der Waals surface area contributed by atoms with Crippen LogP contribution in [0.15, 0.2) is 0 Å². The molecule has 3 aliphatic rings. The number of aliphatic hydroxyl groups excluding tert-OH is 2. The average Bonchev–Trinajstić information content (AvgIpc) is 2.90. The van der Waals surface area contributed by atoms with Crippen LogP contribution in [0.5, 0.6) is 0 Å². The Labute approximate surface area is 145 Å². The van der Waals surface area contributed by atoms with E-state index in [1.165, 1.54) is 19.3 Å². The first-order valence-corrected chi connectivity index (χ1v) is 9.40. The molecule has 0 amide bonds. The number of nitrogens with one attached hydrogen (secondary N) is 1. The third kappa shape index (κ3) is 4.09. The van der Waals surface area contributed by atoms with E-state index in [1.807, 2.05) is 14.1 Å². The second kappa shape index (κ2) is 8.40. The lowest BCUT2D eigenvalue weighted by molar-refractivity contribution is -0.0281. The van der Waals surface area contributed by atoms with Gasteiger partial charge in [-0.15, -0.1) is 0 Å². The van der Waals surface area contributed by atoms with Crippen LogP contribution >= 0.6 is 0 Å². The van der Waals surface area contributed by atoms with Gasteiger partial charge in [0.15, 0.2) is 0 Å². The van der Waals surface area contributed by atoms with Crippen molar-refractivity contribution in [2.45, 2.75) is 49.8 Å². The molecule has 0 aromatic rings. The minimum absolute atomic E-state index is 0.0222. The standard InChI is InChI=1S/C17H34N4O3/c1-19(2)11-13-16(17(23)14(12-22)24-13)21-9-7-20(8-10-21)15-5-3-4-6-18-15/h13-18,22-23H,3-12H2,1-2H3/t13-,14-,15?,16-,17+/m0/s1. The van der Waals surface area contributed by atoms with Crippen LogP contribution in [-0.2, 0) is 4.74 Å². The molecule has 0 aromatic carbocycles. The second-order valence-corrected chi connectivity index (χ2v) is 7.68. The Balaban J connectivity index is 1.58. The third-order valence-electron chi connectivity index (χ3n) is 5.68. The van der Waals surface area contributed by atoms with Crippen molar-refractivity contribution in [2.24, 2.45) is 0 Å². The predicted molar refractivity (Wildman–Crippen MR) is 92.9 cm³/mol. The molecule has 0 bridgehead atoms. The van der Waals surface area contributed by atoms with Crippen molar-refractivity contribution < 1.29 is 14.9 Å². The zero-order valence-corrected chi connectivity index (χ0v) is 15.1. The van der Waals surface area contributed by atoms with Crippen molar-refractivity contribution in [1.82, 2.24) is 20.0 Å². The molecule has 3 N–H and O–H groups in total. The smallest absolute Gasteiger partial charge is 0.109 e. The van der Waals surface area contributed by atoms with E-state index in [0.29, 0.717) is 6.17 Å². The number of rotatable bonds is 5. The molecule has 140 valence electrons. The molecule has 3 fully saturated rings. The molecule has 24 heavy (non-hydrogen) atoms. The van der Waals surface area contributed by atoms with Gasteiger partial charge in [-0.1, -0.05) is 0 Å². The predicted octanol–water partition coefficient (Wildman–Crippen LogP) is -1.25. The lowest BCUT2D eigenvalue weighted by Crippen LogP contribution is -2.60. The summed E-state index contributed by atoms with van der Waals surface area (Å²) in [6.45, 7) is 5.73. The van der Waals surface area contributed by atoms with Gasteiger partial charge < -0.3 is 25.2 Å². The van der Waals surface area contributed by atoms with Crippen LogP contribution < -0.4 is 5.32 Å². The number of hydrogen-bond donors (Lipinski definition) is 3. The van der Waals surface area contributed by atoms with Crippen LogP contribution in [0.2, 0.25) is 0 Å². The summed E-state index contributed by atoms with van der Waals surface area (Å²) in [4.78, 5) is 7.00. The maximum absolute atomic E-state index is 10.6. The van der Waals surface area contributed by atoms with Crippen molar-refractivity contribution in [1.29, 1.82) is 0 Å². The molecule has 0 saturated carbocycles. The summed E-state index contributed by atoms with van der Waals surface area (Å²) >= 11 is 0. The molecule has 0 radical (unpaired) electrons. The number of hydrogen-bond acceptors (Lipinski definition) is 7. The van der Waals surface area contributed by atoms with Gasteiger partial charge in [0.25, 0.3) is 0 Å². The van der Waals surface area contributed by atoms with Crippen molar-refractivity contribution in [2.75, 3.05) is 60.0 Å². The highest BCUT2D eigenvalue weighted by Crippen LogP contribution is 2.27. The molecular formula is C17H34N4O3. The largest absolute Gasteiger partial charge is 0.394 e. The molecule has 0 aromatic heterocycles. The fraction of sp³-hybridized carbons (Fsp3) is 1.00. The number of aliphatic hydroxyl groups is 2. The van der Waals surface area contributed by atoms with Gasteiger partial charge in [-0.3, -0.25) is 9.80 Å².